The van der Waals surface area contributed by atoms with Gasteiger partial charge < -0.3 is 0 Å². The van der Waals surface area contributed by atoms with Gasteiger partial charge in [-0.2, -0.15) is 0 Å². The molecule has 2 rings (SSSR count). The van der Waals surface area contributed by atoms with Gasteiger partial charge in [0.25, 0.3) is 0 Å². The van der Waals surface area contributed by atoms with Crippen molar-refractivity contribution in [2.75, 3.05) is 5.75 Å². The Balaban J connectivity index is 2.16. The van der Waals surface area contributed by atoms with E-state index < -0.39 is 0 Å². The van der Waals surface area contributed by atoms with Crippen LogP contribution in [0.15, 0.2) is 0 Å². The SMILES string of the molecule is CC(C)C12CCCCC1CCSS2. The van der Waals surface area contributed by atoms with Crippen LogP contribution in [0.3, 0.4) is 0 Å². The Bertz CT molecular complexity index is 165. The molecule has 1 heterocycles. The Kier molecular flexibility index (Phi) is 3.19. The molecule has 76 valence electrons. The summed E-state index contributed by atoms with van der Waals surface area (Å²) in [4.78, 5) is 0. The van der Waals surface area contributed by atoms with Crippen LogP contribution in [0, 0.1) is 11.8 Å². The lowest BCUT2D eigenvalue weighted by Gasteiger charge is -2.49. The first-order chi connectivity index (χ1) is 6.26. The van der Waals surface area contributed by atoms with Gasteiger partial charge in [-0.25, -0.2) is 0 Å². The normalized spacial score (nSPS) is 40.4. The minimum atomic E-state index is 0.654. The predicted octanol–water partition coefficient (Wildman–Crippen LogP) is 4.36. The van der Waals surface area contributed by atoms with Crippen molar-refractivity contribution >= 4 is 21.6 Å². The van der Waals surface area contributed by atoms with E-state index >= 15 is 0 Å². The molecule has 2 aliphatic rings. The van der Waals surface area contributed by atoms with Crippen LogP contribution in [0.25, 0.3) is 0 Å². The topological polar surface area (TPSA) is 0 Å². The molecule has 0 aromatic heterocycles. The van der Waals surface area contributed by atoms with Crippen LogP contribution in [0.2, 0.25) is 0 Å². The molecule has 0 aromatic carbocycles. The Morgan fingerprint density at radius 2 is 2.08 bits per heavy atom. The molecule has 0 nitrogen and oxygen atoms in total. The largest absolute Gasteiger partial charge is 0.0936 e. The van der Waals surface area contributed by atoms with Crippen molar-refractivity contribution in [3.63, 3.8) is 0 Å². The molecule has 0 aromatic rings. The first kappa shape index (κ1) is 10.2. The van der Waals surface area contributed by atoms with E-state index in [1.807, 2.05) is 0 Å². The molecular weight excluding hydrogens is 196 g/mol. The maximum absolute atomic E-state index is 2.43. The van der Waals surface area contributed by atoms with Crippen LogP contribution in [0.4, 0.5) is 0 Å². The molecule has 0 spiro atoms. The number of rotatable bonds is 1. The van der Waals surface area contributed by atoms with Crippen molar-refractivity contribution in [2.45, 2.75) is 50.7 Å². The van der Waals surface area contributed by atoms with Gasteiger partial charge in [-0.3, -0.25) is 0 Å². The van der Waals surface area contributed by atoms with Crippen molar-refractivity contribution in [2.24, 2.45) is 11.8 Å². The average Bonchev–Trinajstić information content (AvgIpc) is 2.17. The van der Waals surface area contributed by atoms with E-state index in [4.69, 9.17) is 0 Å². The van der Waals surface area contributed by atoms with Crippen molar-refractivity contribution < 1.29 is 0 Å². The zero-order valence-electron chi connectivity index (χ0n) is 8.71. The molecule has 1 saturated heterocycles. The first-order valence-electron chi connectivity index (χ1n) is 5.56. The highest BCUT2D eigenvalue weighted by atomic mass is 33.1. The van der Waals surface area contributed by atoms with Gasteiger partial charge in [0, 0.05) is 10.5 Å². The van der Waals surface area contributed by atoms with Crippen molar-refractivity contribution in [3.8, 4) is 0 Å². The minimum Gasteiger partial charge on any atom is -0.0936 e. The van der Waals surface area contributed by atoms with Gasteiger partial charge >= 0.3 is 0 Å². The lowest BCUT2D eigenvalue weighted by Crippen LogP contribution is -2.43. The summed E-state index contributed by atoms with van der Waals surface area (Å²) in [5, 5.41) is 0. The molecule has 0 radical (unpaired) electrons. The zero-order valence-corrected chi connectivity index (χ0v) is 10.3. The third kappa shape index (κ3) is 1.77. The van der Waals surface area contributed by atoms with Crippen LogP contribution < -0.4 is 0 Å². The van der Waals surface area contributed by atoms with Gasteiger partial charge in [0.15, 0.2) is 0 Å². The molecule has 1 aliphatic heterocycles. The highest BCUT2D eigenvalue weighted by Gasteiger charge is 2.45. The average molecular weight is 216 g/mol. The maximum atomic E-state index is 2.43. The molecule has 2 atom stereocenters. The van der Waals surface area contributed by atoms with Crippen LogP contribution in [0.5, 0.6) is 0 Å². The van der Waals surface area contributed by atoms with E-state index in [9.17, 15) is 0 Å². The van der Waals surface area contributed by atoms with Crippen molar-refractivity contribution in [1.29, 1.82) is 0 Å². The standard InChI is InChI=1S/C11H20S2/c1-9(2)11-7-4-3-5-10(11)6-8-12-13-11/h9-10H,3-8H2,1-2H3. The van der Waals surface area contributed by atoms with Gasteiger partial charge in [0.05, 0.1) is 0 Å². The first-order valence-corrected chi connectivity index (χ1v) is 7.88. The summed E-state index contributed by atoms with van der Waals surface area (Å²) in [5.41, 5.74) is 0. The van der Waals surface area contributed by atoms with Gasteiger partial charge in [-0.05, 0) is 31.1 Å². The summed E-state index contributed by atoms with van der Waals surface area (Å²) in [7, 11) is 4.34. The second kappa shape index (κ2) is 4.06. The fraction of sp³-hybridized carbons (Fsp3) is 1.00. The predicted molar refractivity (Wildman–Crippen MR) is 64.2 cm³/mol. The Hall–Kier alpha value is 0.700. The zero-order chi connectivity index (χ0) is 9.31. The summed E-state index contributed by atoms with van der Waals surface area (Å²) in [5.74, 6) is 3.30. The van der Waals surface area contributed by atoms with Crippen LogP contribution in [-0.4, -0.2) is 10.5 Å². The molecule has 0 bridgehead atoms. The van der Waals surface area contributed by atoms with Gasteiger partial charge in [-0.15, -0.1) is 0 Å². The van der Waals surface area contributed by atoms with E-state index in [0.717, 1.165) is 11.8 Å². The highest BCUT2D eigenvalue weighted by Crippen LogP contribution is 2.57. The van der Waals surface area contributed by atoms with Crippen LogP contribution in [-0.2, 0) is 0 Å². The summed E-state index contributed by atoms with van der Waals surface area (Å²) in [6.45, 7) is 4.86. The Labute approximate surface area is 90.0 Å². The second-order valence-corrected chi connectivity index (χ2v) is 7.52. The second-order valence-electron chi connectivity index (χ2n) is 4.75. The molecule has 2 heteroatoms. The maximum Gasteiger partial charge on any atom is 0.0315 e. The Morgan fingerprint density at radius 3 is 2.77 bits per heavy atom. The van der Waals surface area contributed by atoms with E-state index in [-0.39, 0.29) is 0 Å². The highest BCUT2D eigenvalue weighted by molar-refractivity contribution is 8.77. The van der Waals surface area contributed by atoms with Gasteiger partial charge in [-0.1, -0.05) is 48.3 Å². The summed E-state index contributed by atoms with van der Waals surface area (Å²) < 4.78 is 0.654. The number of hydrogen-bond donors (Lipinski definition) is 0. The summed E-state index contributed by atoms with van der Waals surface area (Å²) in [6, 6.07) is 0. The molecule has 0 amide bonds. The lowest BCUT2D eigenvalue weighted by molar-refractivity contribution is 0.213. The van der Waals surface area contributed by atoms with Crippen LogP contribution in [0.1, 0.15) is 46.0 Å². The summed E-state index contributed by atoms with van der Waals surface area (Å²) >= 11 is 0. The van der Waals surface area contributed by atoms with Crippen LogP contribution >= 0.6 is 21.6 Å². The number of hydrogen-bond acceptors (Lipinski definition) is 2. The smallest absolute Gasteiger partial charge is 0.0315 e. The van der Waals surface area contributed by atoms with Gasteiger partial charge in [0.1, 0.15) is 0 Å². The minimum absolute atomic E-state index is 0.654. The third-order valence-electron chi connectivity index (χ3n) is 3.80. The molecule has 13 heavy (non-hydrogen) atoms. The van der Waals surface area contributed by atoms with Gasteiger partial charge in [0.2, 0.25) is 0 Å². The van der Waals surface area contributed by atoms with E-state index in [1.54, 1.807) is 0 Å². The molecule has 1 saturated carbocycles. The third-order valence-corrected chi connectivity index (χ3v) is 7.43. The molecular formula is C11H20S2. The van der Waals surface area contributed by atoms with E-state index in [2.05, 4.69) is 35.4 Å². The summed E-state index contributed by atoms with van der Waals surface area (Å²) in [6.07, 6.45) is 7.43. The van der Waals surface area contributed by atoms with Crippen molar-refractivity contribution in [3.05, 3.63) is 0 Å². The monoisotopic (exact) mass is 216 g/mol. The fourth-order valence-electron chi connectivity index (χ4n) is 2.94. The van der Waals surface area contributed by atoms with E-state index in [1.165, 1.54) is 37.9 Å². The molecule has 0 N–H and O–H groups in total. The molecule has 2 unspecified atom stereocenters. The quantitative estimate of drug-likeness (QED) is 0.597. The lowest BCUT2D eigenvalue weighted by atomic mass is 9.71. The Morgan fingerprint density at radius 1 is 1.23 bits per heavy atom. The van der Waals surface area contributed by atoms with E-state index in [0.29, 0.717) is 4.75 Å². The number of fused-ring (bicyclic) bond motifs is 1. The molecule has 1 aliphatic carbocycles. The molecule has 2 fully saturated rings. The fourth-order valence-corrected chi connectivity index (χ4v) is 6.84. The van der Waals surface area contributed by atoms with Crippen molar-refractivity contribution in [1.82, 2.24) is 0 Å².